The van der Waals surface area contributed by atoms with Crippen LogP contribution in [0.25, 0.3) is 11.1 Å². The van der Waals surface area contributed by atoms with Crippen LogP contribution in [0, 0.1) is 24.5 Å². The third kappa shape index (κ3) is 5.32. The number of rotatable bonds is 6. The molecule has 1 saturated carbocycles. The van der Waals surface area contributed by atoms with Crippen molar-refractivity contribution < 1.29 is 22.3 Å². The molecule has 0 bridgehead atoms. The second kappa shape index (κ2) is 9.72. The van der Waals surface area contributed by atoms with E-state index >= 15 is 0 Å². The van der Waals surface area contributed by atoms with Crippen molar-refractivity contribution in [3.8, 4) is 16.9 Å². The summed E-state index contributed by atoms with van der Waals surface area (Å²) in [5.74, 6) is -0.898. The molecule has 0 spiro atoms. The Morgan fingerprint density at radius 2 is 1.36 bits per heavy atom. The molecule has 6 heteroatoms. The first kappa shape index (κ1) is 23.6. The molecule has 1 nitrogen and oxygen atoms in total. The zero-order valence-electron chi connectivity index (χ0n) is 18.9. The molecular weight excluding hydrogens is 444 g/mol. The summed E-state index contributed by atoms with van der Waals surface area (Å²) in [4.78, 5) is 0. The van der Waals surface area contributed by atoms with Crippen LogP contribution in [0.15, 0.2) is 60.7 Å². The largest absolute Gasteiger partial charge is 0.429 e. The molecule has 0 unspecified atom stereocenters. The van der Waals surface area contributed by atoms with Crippen molar-refractivity contribution in [3.63, 3.8) is 0 Å². The zero-order valence-corrected chi connectivity index (χ0v) is 20.9. The fourth-order valence-corrected chi connectivity index (χ4v) is 5.41. The number of hydrogen-bond donors (Lipinski definition) is 0. The van der Waals surface area contributed by atoms with Gasteiger partial charge in [-0.3, -0.25) is 0 Å². The summed E-state index contributed by atoms with van der Waals surface area (Å²) in [7, 11) is 1.28. The molecule has 3 aromatic carbocycles. The second-order valence-corrected chi connectivity index (χ2v) is 9.77. The predicted molar refractivity (Wildman–Crippen MR) is 127 cm³/mol. The van der Waals surface area contributed by atoms with E-state index in [0.29, 0.717) is 5.92 Å². The van der Waals surface area contributed by atoms with E-state index in [1.165, 1.54) is 66.6 Å². The Bertz CT molecular complexity index is 1070. The Morgan fingerprint density at radius 1 is 0.848 bits per heavy atom. The van der Waals surface area contributed by atoms with Gasteiger partial charge in [-0.15, -0.1) is 0 Å². The van der Waals surface area contributed by atoms with E-state index < -0.39 is 23.5 Å². The Morgan fingerprint density at radius 3 is 1.88 bits per heavy atom. The van der Waals surface area contributed by atoms with Gasteiger partial charge in [-0.25, -0.2) is 8.78 Å². The van der Waals surface area contributed by atoms with Crippen LogP contribution in [0.3, 0.4) is 0 Å². The Hall–Kier alpha value is -2.60. The first-order valence-corrected chi connectivity index (χ1v) is 12.9. The smallest absolute Gasteiger partial charge is 0.426 e. The molecule has 0 heterocycles. The molecular formula is C27H28F4OSi. The summed E-state index contributed by atoms with van der Waals surface area (Å²) in [6.07, 6.45) is 1.39. The minimum absolute atomic E-state index is 0.240. The standard InChI is InChI=1S/C27H28F4OSi/c1-17-25(28)14-24(15-26(17)29)32-27(30,31)23-12-10-22(11-13-23)21-8-6-20(7-9-21)19-4-2-18(16-33)3-5-19/h6-15,18-19H,2-5,16H2,1,33H3. The number of ether oxygens (including phenoxy) is 1. The van der Waals surface area contributed by atoms with Gasteiger partial charge >= 0.3 is 6.11 Å². The highest BCUT2D eigenvalue weighted by molar-refractivity contribution is 6.08. The van der Waals surface area contributed by atoms with Gasteiger partial charge in [-0.1, -0.05) is 55.3 Å². The van der Waals surface area contributed by atoms with Gasteiger partial charge in [0.1, 0.15) is 17.4 Å². The predicted octanol–water partition coefficient (Wildman–Crippen LogP) is 7.13. The monoisotopic (exact) mass is 472 g/mol. The molecule has 0 amide bonds. The molecule has 1 fully saturated rings. The fraction of sp³-hybridized carbons (Fsp3) is 0.333. The third-order valence-electron chi connectivity index (χ3n) is 6.86. The lowest BCUT2D eigenvalue weighted by Crippen LogP contribution is -2.22. The maximum atomic E-state index is 14.6. The highest BCUT2D eigenvalue weighted by atomic mass is 28.1. The van der Waals surface area contributed by atoms with Crippen molar-refractivity contribution in [1.29, 1.82) is 0 Å². The molecule has 0 saturated heterocycles. The van der Waals surface area contributed by atoms with Crippen molar-refractivity contribution in [2.45, 2.75) is 50.7 Å². The molecule has 1 aliphatic carbocycles. The van der Waals surface area contributed by atoms with Crippen molar-refractivity contribution >= 4 is 10.2 Å². The maximum absolute atomic E-state index is 14.6. The van der Waals surface area contributed by atoms with Crippen molar-refractivity contribution in [3.05, 3.63) is 89.0 Å². The first-order chi connectivity index (χ1) is 15.8. The van der Waals surface area contributed by atoms with E-state index in [1.54, 1.807) is 12.1 Å². The number of benzene rings is 3. The molecule has 4 rings (SSSR count). The van der Waals surface area contributed by atoms with E-state index in [4.69, 9.17) is 0 Å². The van der Waals surface area contributed by atoms with E-state index in [2.05, 4.69) is 16.9 Å². The number of halogens is 4. The fourth-order valence-electron chi connectivity index (χ4n) is 4.60. The zero-order chi connectivity index (χ0) is 23.6. The molecule has 0 N–H and O–H groups in total. The van der Waals surface area contributed by atoms with Crippen LogP contribution in [-0.4, -0.2) is 10.2 Å². The molecule has 1 aliphatic rings. The van der Waals surface area contributed by atoms with E-state index in [0.717, 1.165) is 29.2 Å². The maximum Gasteiger partial charge on any atom is 0.426 e. The quantitative estimate of drug-likeness (QED) is 0.274. The van der Waals surface area contributed by atoms with Gasteiger partial charge in [0.2, 0.25) is 0 Å². The minimum Gasteiger partial charge on any atom is -0.429 e. The molecule has 174 valence electrons. The SMILES string of the molecule is Cc1c(F)cc(OC(F)(F)c2ccc(-c3ccc(C4CCC(C[SiH3])CC4)cc3)cc2)cc1F. The highest BCUT2D eigenvalue weighted by Gasteiger charge is 2.35. The van der Waals surface area contributed by atoms with Crippen molar-refractivity contribution in [2.24, 2.45) is 5.92 Å². The van der Waals surface area contributed by atoms with Crippen molar-refractivity contribution in [1.82, 2.24) is 0 Å². The summed E-state index contributed by atoms with van der Waals surface area (Å²) < 4.78 is 61.2. The summed E-state index contributed by atoms with van der Waals surface area (Å²) in [6.45, 7) is 1.23. The highest BCUT2D eigenvalue weighted by Crippen LogP contribution is 2.38. The summed E-state index contributed by atoms with van der Waals surface area (Å²) >= 11 is 0. The molecule has 3 aromatic rings. The van der Waals surface area contributed by atoms with E-state index in [9.17, 15) is 17.6 Å². The Balaban J connectivity index is 1.45. The minimum atomic E-state index is -3.73. The van der Waals surface area contributed by atoms with Crippen LogP contribution in [-0.2, 0) is 6.11 Å². The lowest BCUT2D eigenvalue weighted by molar-refractivity contribution is -0.185. The number of hydrogen-bond acceptors (Lipinski definition) is 1. The molecule has 0 aliphatic heterocycles. The summed E-state index contributed by atoms with van der Waals surface area (Å²) in [6, 6.07) is 17.1. The van der Waals surface area contributed by atoms with Gasteiger partial charge in [0.25, 0.3) is 0 Å². The normalized spacial score (nSPS) is 18.9. The molecule has 0 aromatic heterocycles. The van der Waals surface area contributed by atoms with Gasteiger partial charge in [0.15, 0.2) is 0 Å². The van der Waals surface area contributed by atoms with Gasteiger partial charge in [-0.05, 0) is 60.4 Å². The lowest BCUT2D eigenvalue weighted by atomic mass is 9.79. The van der Waals surface area contributed by atoms with Gasteiger partial charge in [0.05, 0.1) is 5.56 Å². The van der Waals surface area contributed by atoms with E-state index in [-0.39, 0.29) is 11.1 Å². The average molecular weight is 473 g/mol. The molecule has 33 heavy (non-hydrogen) atoms. The first-order valence-electron chi connectivity index (χ1n) is 11.5. The van der Waals surface area contributed by atoms with Crippen LogP contribution in [0.2, 0.25) is 6.04 Å². The summed E-state index contributed by atoms with van der Waals surface area (Å²) in [5, 5.41) is 0. The third-order valence-corrected chi connectivity index (χ3v) is 8.02. The molecule has 0 radical (unpaired) electrons. The van der Waals surface area contributed by atoms with E-state index in [1.807, 2.05) is 12.1 Å². The summed E-state index contributed by atoms with van der Waals surface area (Å²) in [5.41, 5.74) is 2.48. The molecule has 0 atom stereocenters. The topological polar surface area (TPSA) is 9.23 Å². The Labute approximate surface area is 195 Å². The average Bonchev–Trinajstić information content (AvgIpc) is 2.82. The van der Waals surface area contributed by atoms with Gasteiger partial charge < -0.3 is 4.74 Å². The van der Waals surface area contributed by atoms with Crippen LogP contribution in [0.5, 0.6) is 5.75 Å². The van der Waals surface area contributed by atoms with Crippen LogP contribution >= 0.6 is 0 Å². The van der Waals surface area contributed by atoms with Gasteiger partial charge in [0, 0.05) is 27.9 Å². The van der Waals surface area contributed by atoms with Crippen LogP contribution in [0.4, 0.5) is 17.6 Å². The lowest BCUT2D eigenvalue weighted by Gasteiger charge is -2.28. The Kier molecular flexibility index (Phi) is 6.93. The van der Waals surface area contributed by atoms with Crippen LogP contribution < -0.4 is 4.74 Å². The van der Waals surface area contributed by atoms with Gasteiger partial charge in [-0.2, -0.15) is 8.78 Å². The van der Waals surface area contributed by atoms with Crippen LogP contribution in [0.1, 0.15) is 48.3 Å². The van der Waals surface area contributed by atoms with Crippen molar-refractivity contribution in [2.75, 3.05) is 0 Å². The second-order valence-electron chi connectivity index (χ2n) is 8.96. The number of alkyl halides is 2.